The predicted molar refractivity (Wildman–Crippen MR) is 96.1 cm³/mol. The van der Waals surface area contributed by atoms with Crippen molar-refractivity contribution in [3.63, 3.8) is 0 Å². The van der Waals surface area contributed by atoms with Gasteiger partial charge in [-0.1, -0.05) is 52.0 Å². The zero-order valence-electron chi connectivity index (χ0n) is 12.4. The van der Waals surface area contributed by atoms with Gasteiger partial charge in [0, 0.05) is 22.2 Å². The number of nitrogens with zero attached hydrogens (tertiary/aromatic N) is 4. The van der Waals surface area contributed by atoms with E-state index in [9.17, 15) is 15.2 Å². The van der Waals surface area contributed by atoms with Gasteiger partial charge in [-0.25, -0.2) is 5.10 Å². The molecule has 0 aliphatic carbocycles. The number of non-ortho nitro benzene ring substituents is 1. The summed E-state index contributed by atoms with van der Waals surface area (Å²) in [6.07, 6.45) is 1.22. The Bertz CT molecular complexity index is 1030. The molecule has 1 heterocycles. The largest absolute Gasteiger partial charge is 0.871 e. The van der Waals surface area contributed by atoms with Gasteiger partial charge in [-0.3, -0.25) is 10.1 Å². The average Bonchev–Trinajstić information content (AvgIpc) is 2.97. The molecule has 0 saturated heterocycles. The second-order valence-electron chi connectivity index (χ2n) is 4.88. The van der Waals surface area contributed by atoms with Crippen molar-refractivity contribution in [2.75, 3.05) is 0 Å². The molecule has 0 saturated carbocycles. The van der Waals surface area contributed by atoms with Gasteiger partial charge in [0.1, 0.15) is 0 Å². The maximum Gasteiger partial charge on any atom is 0.271 e. The Morgan fingerprint density at radius 3 is 2.72 bits per heavy atom. The number of H-pyrrole nitrogens is 1. The van der Waals surface area contributed by atoms with Crippen LogP contribution in [0.3, 0.4) is 0 Å². The van der Waals surface area contributed by atoms with Crippen LogP contribution in [0.4, 0.5) is 5.69 Å². The summed E-state index contributed by atoms with van der Waals surface area (Å²) in [5.41, 5.74) is 0.616. The van der Waals surface area contributed by atoms with Crippen molar-refractivity contribution in [3.8, 4) is 17.1 Å². The van der Waals surface area contributed by atoms with E-state index in [1.807, 2.05) is 30.3 Å². The SMILES string of the molecule is O=[N+]([O-])c1cc(Br)c([O-])c(/C=N\n2c(-c3ccccc3)n[nH]c2=S)c1. The Kier molecular flexibility index (Phi) is 4.72. The van der Waals surface area contributed by atoms with E-state index >= 15 is 0 Å². The maximum atomic E-state index is 12.1. The van der Waals surface area contributed by atoms with Gasteiger partial charge in [-0.15, -0.1) is 0 Å². The smallest absolute Gasteiger partial charge is 0.271 e. The van der Waals surface area contributed by atoms with Crippen LogP contribution >= 0.6 is 28.1 Å². The minimum absolute atomic E-state index is 0.0585. The molecule has 0 unspecified atom stereocenters. The van der Waals surface area contributed by atoms with E-state index in [1.165, 1.54) is 10.9 Å². The minimum atomic E-state index is -0.583. The van der Waals surface area contributed by atoms with Crippen LogP contribution in [0.2, 0.25) is 0 Å². The summed E-state index contributed by atoms with van der Waals surface area (Å²) in [5.74, 6) is 0.0458. The van der Waals surface area contributed by atoms with Crippen LogP contribution < -0.4 is 5.11 Å². The molecule has 0 radical (unpaired) electrons. The van der Waals surface area contributed by atoms with Crippen LogP contribution in [0.1, 0.15) is 5.56 Å². The summed E-state index contributed by atoms with van der Waals surface area (Å²) >= 11 is 8.17. The standard InChI is InChI=1S/C15H10BrN5O3S/c16-12-7-11(21(23)24)6-10(13(12)22)8-17-20-14(18-19-15(20)25)9-4-2-1-3-5-9/h1-8,22H,(H,19,25)/p-1/b17-8-. The van der Waals surface area contributed by atoms with Crippen LogP contribution in [0.25, 0.3) is 11.4 Å². The van der Waals surface area contributed by atoms with Gasteiger partial charge in [-0.2, -0.15) is 14.9 Å². The second kappa shape index (κ2) is 6.95. The number of nitro benzene ring substituents is 1. The molecule has 10 heteroatoms. The molecule has 0 atom stereocenters. The summed E-state index contributed by atoms with van der Waals surface area (Å²) in [4.78, 5) is 10.4. The first-order valence-electron chi connectivity index (χ1n) is 6.89. The molecule has 1 aromatic heterocycles. The number of aromatic amines is 1. The number of hydrogen-bond acceptors (Lipinski definition) is 6. The molecule has 126 valence electrons. The molecule has 0 aliphatic heterocycles. The number of hydrogen-bond donors (Lipinski definition) is 1. The van der Waals surface area contributed by atoms with Crippen molar-refractivity contribution in [2.45, 2.75) is 0 Å². The molecule has 2 aromatic carbocycles. The van der Waals surface area contributed by atoms with Crippen LogP contribution in [-0.2, 0) is 0 Å². The minimum Gasteiger partial charge on any atom is -0.871 e. The van der Waals surface area contributed by atoms with Gasteiger partial charge in [0.05, 0.1) is 11.1 Å². The van der Waals surface area contributed by atoms with Gasteiger partial charge >= 0.3 is 0 Å². The van der Waals surface area contributed by atoms with E-state index in [2.05, 4.69) is 31.2 Å². The van der Waals surface area contributed by atoms with Crippen LogP contribution in [0.15, 0.2) is 52.0 Å². The fourth-order valence-electron chi connectivity index (χ4n) is 2.09. The lowest BCUT2D eigenvalue weighted by molar-refractivity contribution is -0.385. The molecule has 0 fully saturated rings. The molecule has 3 rings (SSSR count). The van der Waals surface area contributed by atoms with E-state index < -0.39 is 10.7 Å². The number of nitro groups is 1. The van der Waals surface area contributed by atoms with E-state index in [1.54, 1.807) is 0 Å². The highest BCUT2D eigenvalue weighted by Gasteiger charge is 2.11. The highest BCUT2D eigenvalue weighted by Crippen LogP contribution is 2.29. The first-order chi connectivity index (χ1) is 12.0. The fraction of sp³-hybridized carbons (Fsp3) is 0. The van der Waals surface area contributed by atoms with E-state index in [-0.39, 0.29) is 20.5 Å². The quantitative estimate of drug-likeness (QED) is 0.302. The van der Waals surface area contributed by atoms with Gasteiger partial charge in [0.2, 0.25) is 4.77 Å². The van der Waals surface area contributed by atoms with Crippen molar-refractivity contribution in [2.24, 2.45) is 5.10 Å². The van der Waals surface area contributed by atoms with E-state index in [4.69, 9.17) is 12.2 Å². The first-order valence-corrected chi connectivity index (χ1v) is 8.09. The van der Waals surface area contributed by atoms with Gasteiger partial charge in [0.15, 0.2) is 5.82 Å². The summed E-state index contributed by atoms with van der Waals surface area (Å²) in [5, 5.41) is 34.0. The molecular weight excluding hydrogens is 410 g/mol. The fourth-order valence-corrected chi connectivity index (χ4v) is 2.74. The molecular formula is C15H9BrN5O3S-. The Morgan fingerprint density at radius 1 is 1.32 bits per heavy atom. The molecule has 0 spiro atoms. The highest BCUT2D eigenvalue weighted by atomic mass is 79.9. The van der Waals surface area contributed by atoms with Gasteiger partial charge < -0.3 is 5.11 Å². The Balaban J connectivity index is 2.06. The predicted octanol–water partition coefficient (Wildman–Crippen LogP) is 3.23. The summed E-state index contributed by atoms with van der Waals surface area (Å²) in [6, 6.07) is 11.5. The number of halogens is 1. The Morgan fingerprint density at radius 2 is 2.04 bits per heavy atom. The zero-order chi connectivity index (χ0) is 18.0. The summed E-state index contributed by atoms with van der Waals surface area (Å²) < 4.78 is 1.66. The van der Waals surface area contributed by atoms with Crippen LogP contribution in [0.5, 0.6) is 5.75 Å². The third kappa shape index (κ3) is 3.49. The number of aromatic nitrogens is 3. The summed E-state index contributed by atoms with van der Waals surface area (Å²) in [7, 11) is 0. The third-order valence-corrected chi connectivity index (χ3v) is 4.12. The lowest BCUT2D eigenvalue weighted by Gasteiger charge is -2.12. The maximum absolute atomic E-state index is 12.1. The average molecular weight is 419 g/mol. The lowest BCUT2D eigenvalue weighted by atomic mass is 10.2. The van der Waals surface area contributed by atoms with Crippen LogP contribution in [0, 0.1) is 14.9 Å². The number of rotatable bonds is 4. The lowest BCUT2D eigenvalue weighted by Crippen LogP contribution is -2.01. The Hall–Kier alpha value is -2.85. The highest BCUT2D eigenvalue weighted by molar-refractivity contribution is 9.10. The van der Waals surface area contributed by atoms with Crippen molar-refractivity contribution in [3.05, 3.63) is 67.4 Å². The molecule has 0 bridgehead atoms. The van der Waals surface area contributed by atoms with Crippen molar-refractivity contribution in [1.29, 1.82) is 0 Å². The summed E-state index contributed by atoms with van der Waals surface area (Å²) in [6.45, 7) is 0. The first kappa shape index (κ1) is 17.0. The van der Waals surface area contributed by atoms with E-state index in [0.29, 0.717) is 5.82 Å². The number of nitrogens with one attached hydrogen (secondary N) is 1. The van der Waals surface area contributed by atoms with Crippen molar-refractivity contribution < 1.29 is 10.0 Å². The van der Waals surface area contributed by atoms with Gasteiger partial charge in [-0.05, 0) is 17.8 Å². The van der Waals surface area contributed by atoms with Gasteiger partial charge in [0.25, 0.3) is 5.69 Å². The zero-order valence-corrected chi connectivity index (χ0v) is 14.8. The normalized spacial score (nSPS) is 11.1. The molecule has 25 heavy (non-hydrogen) atoms. The Labute approximate surface area is 154 Å². The molecule has 0 aliphatic rings. The van der Waals surface area contributed by atoms with E-state index in [0.717, 1.165) is 17.7 Å². The van der Waals surface area contributed by atoms with Crippen molar-refractivity contribution in [1.82, 2.24) is 14.9 Å². The monoisotopic (exact) mass is 418 g/mol. The number of benzene rings is 2. The third-order valence-electron chi connectivity index (χ3n) is 3.26. The molecule has 8 nitrogen and oxygen atoms in total. The van der Waals surface area contributed by atoms with Crippen LogP contribution in [-0.4, -0.2) is 26.0 Å². The second-order valence-corrected chi connectivity index (χ2v) is 6.12. The molecule has 0 amide bonds. The van der Waals surface area contributed by atoms with Crippen molar-refractivity contribution >= 4 is 40.0 Å². The molecule has 3 aromatic rings. The topological polar surface area (TPSA) is 112 Å². The molecule has 1 N–H and O–H groups in total.